The fraction of sp³-hybridized carbons (Fsp3) is 0.188. The zero-order chi connectivity index (χ0) is 16.4. The summed E-state index contributed by atoms with van der Waals surface area (Å²) >= 11 is 1.48. The zero-order valence-electron chi connectivity index (χ0n) is 12.4. The van der Waals surface area contributed by atoms with Gasteiger partial charge in [-0.1, -0.05) is 18.2 Å². The van der Waals surface area contributed by atoms with Crippen molar-refractivity contribution in [3.05, 3.63) is 62.7 Å². The fourth-order valence-electron chi connectivity index (χ4n) is 2.30. The number of thiophene rings is 1. The predicted molar refractivity (Wildman–Crippen MR) is 88.6 cm³/mol. The molecule has 1 atom stereocenters. The first-order valence-corrected chi connectivity index (χ1v) is 7.94. The Morgan fingerprint density at radius 1 is 1.35 bits per heavy atom. The lowest BCUT2D eigenvalue weighted by Crippen LogP contribution is -2.39. The van der Waals surface area contributed by atoms with Crippen LogP contribution in [-0.4, -0.2) is 27.8 Å². The summed E-state index contributed by atoms with van der Waals surface area (Å²) in [6.45, 7) is 1.67. The normalized spacial score (nSPS) is 13.7. The SMILES string of the molecule is CC(O)(CNC(=O)c1n[nH]c(=O)c2ccccc12)c1ccsc1. The van der Waals surface area contributed by atoms with Crippen molar-refractivity contribution >= 4 is 28.0 Å². The van der Waals surface area contributed by atoms with Crippen LogP contribution in [-0.2, 0) is 5.60 Å². The summed E-state index contributed by atoms with van der Waals surface area (Å²) in [5.74, 6) is -0.451. The Hall–Kier alpha value is -2.51. The number of nitrogens with zero attached hydrogens (tertiary/aromatic N) is 1. The van der Waals surface area contributed by atoms with Gasteiger partial charge in [0, 0.05) is 5.39 Å². The number of fused-ring (bicyclic) bond motifs is 1. The van der Waals surface area contributed by atoms with E-state index in [4.69, 9.17) is 0 Å². The summed E-state index contributed by atoms with van der Waals surface area (Å²) in [5, 5.41) is 23.8. The quantitative estimate of drug-likeness (QED) is 0.678. The van der Waals surface area contributed by atoms with E-state index in [1.54, 1.807) is 31.2 Å². The number of aliphatic hydroxyl groups is 1. The topological polar surface area (TPSA) is 95.1 Å². The van der Waals surface area contributed by atoms with Crippen LogP contribution < -0.4 is 10.9 Å². The van der Waals surface area contributed by atoms with Crippen molar-refractivity contribution < 1.29 is 9.90 Å². The molecule has 1 unspecified atom stereocenters. The monoisotopic (exact) mass is 329 g/mol. The Morgan fingerprint density at radius 2 is 2.09 bits per heavy atom. The average molecular weight is 329 g/mol. The number of aromatic nitrogens is 2. The van der Waals surface area contributed by atoms with Gasteiger partial charge < -0.3 is 10.4 Å². The summed E-state index contributed by atoms with van der Waals surface area (Å²) in [5.41, 5.74) is -0.654. The molecule has 2 aromatic heterocycles. The first-order chi connectivity index (χ1) is 11.0. The smallest absolute Gasteiger partial charge is 0.272 e. The lowest BCUT2D eigenvalue weighted by molar-refractivity contribution is 0.0529. The summed E-state index contributed by atoms with van der Waals surface area (Å²) in [4.78, 5) is 24.1. The highest BCUT2D eigenvalue weighted by molar-refractivity contribution is 7.08. The van der Waals surface area contributed by atoms with E-state index >= 15 is 0 Å². The Labute approximate surface area is 135 Å². The summed E-state index contributed by atoms with van der Waals surface area (Å²) < 4.78 is 0. The number of hydrogen-bond donors (Lipinski definition) is 3. The second-order valence-corrected chi connectivity index (χ2v) is 6.20. The van der Waals surface area contributed by atoms with E-state index in [0.717, 1.165) is 5.56 Å². The third-order valence-corrected chi connectivity index (χ3v) is 4.33. The lowest BCUT2D eigenvalue weighted by atomic mass is 9.99. The minimum absolute atomic E-state index is 0.0394. The van der Waals surface area contributed by atoms with Gasteiger partial charge in [-0.2, -0.15) is 16.4 Å². The molecule has 0 spiro atoms. The van der Waals surface area contributed by atoms with E-state index in [2.05, 4.69) is 15.5 Å². The molecule has 0 bridgehead atoms. The maximum absolute atomic E-state index is 12.4. The second-order valence-electron chi connectivity index (χ2n) is 5.42. The lowest BCUT2D eigenvalue weighted by Gasteiger charge is -2.22. The molecule has 0 aliphatic heterocycles. The maximum Gasteiger partial charge on any atom is 0.272 e. The molecule has 3 rings (SSSR count). The molecule has 0 saturated heterocycles. The molecular weight excluding hydrogens is 314 g/mol. The molecule has 3 N–H and O–H groups in total. The number of benzene rings is 1. The van der Waals surface area contributed by atoms with Crippen LogP contribution in [0.15, 0.2) is 45.9 Å². The number of hydrogen-bond acceptors (Lipinski definition) is 5. The fourth-order valence-corrected chi connectivity index (χ4v) is 3.08. The number of carbonyl (C=O) groups is 1. The zero-order valence-corrected chi connectivity index (χ0v) is 13.2. The molecule has 0 aliphatic carbocycles. The van der Waals surface area contributed by atoms with Crippen LogP contribution in [0.1, 0.15) is 23.0 Å². The van der Waals surface area contributed by atoms with E-state index in [1.165, 1.54) is 11.3 Å². The van der Waals surface area contributed by atoms with E-state index in [0.29, 0.717) is 10.8 Å². The average Bonchev–Trinajstić information content (AvgIpc) is 3.09. The molecular formula is C16H15N3O3S. The molecule has 2 heterocycles. The van der Waals surface area contributed by atoms with Gasteiger partial charge in [0.15, 0.2) is 5.69 Å². The van der Waals surface area contributed by atoms with Crippen molar-refractivity contribution in [1.82, 2.24) is 15.5 Å². The van der Waals surface area contributed by atoms with Crippen molar-refractivity contribution in [2.75, 3.05) is 6.54 Å². The molecule has 118 valence electrons. The Bertz CT molecular complexity index is 900. The standard InChI is InChI=1S/C16H15N3O3S/c1-16(22,10-6-7-23-8-10)9-17-15(21)13-11-4-2-3-5-12(11)14(20)19-18-13/h2-8,22H,9H2,1H3,(H,17,21)(H,19,20). The Morgan fingerprint density at radius 3 is 2.78 bits per heavy atom. The van der Waals surface area contributed by atoms with Crippen molar-refractivity contribution in [3.63, 3.8) is 0 Å². The van der Waals surface area contributed by atoms with E-state index < -0.39 is 11.5 Å². The van der Waals surface area contributed by atoms with Crippen LogP contribution in [0, 0.1) is 0 Å². The molecule has 1 amide bonds. The van der Waals surface area contributed by atoms with Crippen molar-refractivity contribution in [1.29, 1.82) is 0 Å². The van der Waals surface area contributed by atoms with Crippen LogP contribution in [0.4, 0.5) is 0 Å². The van der Waals surface area contributed by atoms with E-state index in [-0.39, 0.29) is 17.8 Å². The molecule has 1 aromatic carbocycles. The van der Waals surface area contributed by atoms with E-state index in [1.807, 2.05) is 16.8 Å². The van der Waals surface area contributed by atoms with Crippen LogP contribution in [0.2, 0.25) is 0 Å². The maximum atomic E-state index is 12.4. The number of carbonyl (C=O) groups excluding carboxylic acids is 1. The minimum Gasteiger partial charge on any atom is -0.384 e. The Balaban J connectivity index is 1.85. The van der Waals surface area contributed by atoms with Gasteiger partial charge in [0.2, 0.25) is 0 Å². The largest absolute Gasteiger partial charge is 0.384 e. The molecule has 0 aliphatic rings. The number of rotatable bonds is 4. The van der Waals surface area contributed by atoms with E-state index in [9.17, 15) is 14.7 Å². The molecule has 3 aromatic rings. The number of amides is 1. The number of H-pyrrole nitrogens is 1. The first-order valence-electron chi connectivity index (χ1n) is 7.00. The predicted octanol–water partition coefficient (Wildman–Crippen LogP) is 1.62. The Kier molecular flexibility index (Phi) is 3.97. The second kappa shape index (κ2) is 5.94. The van der Waals surface area contributed by atoms with Gasteiger partial charge in [-0.3, -0.25) is 9.59 Å². The van der Waals surface area contributed by atoms with Gasteiger partial charge in [-0.25, -0.2) is 5.10 Å². The minimum atomic E-state index is -1.17. The third kappa shape index (κ3) is 3.01. The van der Waals surface area contributed by atoms with Crippen LogP contribution in [0.5, 0.6) is 0 Å². The summed E-state index contributed by atoms with van der Waals surface area (Å²) in [6, 6.07) is 8.57. The van der Waals surface area contributed by atoms with Gasteiger partial charge in [0.05, 0.1) is 11.9 Å². The first kappa shape index (κ1) is 15.4. The van der Waals surface area contributed by atoms with Crippen molar-refractivity contribution in [3.8, 4) is 0 Å². The highest BCUT2D eigenvalue weighted by Crippen LogP contribution is 2.22. The third-order valence-electron chi connectivity index (χ3n) is 3.65. The number of nitrogens with one attached hydrogen (secondary N) is 2. The van der Waals surface area contributed by atoms with Gasteiger partial charge >= 0.3 is 0 Å². The van der Waals surface area contributed by atoms with Crippen LogP contribution in [0.3, 0.4) is 0 Å². The van der Waals surface area contributed by atoms with Crippen LogP contribution in [0.25, 0.3) is 10.8 Å². The van der Waals surface area contributed by atoms with Gasteiger partial charge in [0.1, 0.15) is 5.60 Å². The molecule has 6 nitrogen and oxygen atoms in total. The molecule has 0 radical (unpaired) electrons. The molecule has 0 fully saturated rings. The van der Waals surface area contributed by atoms with Gasteiger partial charge in [-0.05, 0) is 35.4 Å². The van der Waals surface area contributed by atoms with Crippen molar-refractivity contribution in [2.24, 2.45) is 0 Å². The molecule has 23 heavy (non-hydrogen) atoms. The summed E-state index contributed by atoms with van der Waals surface area (Å²) in [7, 11) is 0. The summed E-state index contributed by atoms with van der Waals surface area (Å²) in [6.07, 6.45) is 0. The van der Waals surface area contributed by atoms with Crippen molar-refractivity contribution in [2.45, 2.75) is 12.5 Å². The highest BCUT2D eigenvalue weighted by Gasteiger charge is 2.25. The molecule has 7 heteroatoms. The number of aromatic amines is 1. The highest BCUT2D eigenvalue weighted by atomic mass is 32.1. The molecule has 0 saturated carbocycles. The van der Waals surface area contributed by atoms with Gasteiger partial charge in [-0.15, -0.1) is 0 Å². The van der Waals surface area contributed by atoms with Gasteiger partial charge in [0.25, 0.3) is 11.5 Å². The van der Waals surface area contributed by atoms with Crippen LogP contribution >= 0.6 is 11.3 Å².